The van der Waals surface area contributed by atoms with Crippen LogP contribution in [0.5, 0.6) is 0 Å². The van der Waals surface area contributed by atoms with Crippen LogP contribution in [0.2, 0.25) is 0 Å². The third kappa shape index (κ3) is 3.56. The Morgan fingerprint density at radius 1 is 1.28 bits per heavy atom. The fourth-order valence-electron chi connectivity index (χ4n) is 2.63. The van der Waals surface area contributed by atoms with Crippen molar-refractivity contribution in [3.63, 3.8) is 0 Å². The quantitative estimate of drug-likeness (QED) is 0.898. The summed E-state index contributed by atoms with van der Waals surface area (Å²) in [4.78, 5) is 2.59. The van der Waals surface area contributed by atoms with Gasteiger partial charge in [-0.2, -0.15) is 0 Å². The molecule has 0 aromatic heterocycles. The Labute approximate surface area is 119 Å². The SMILES string of the molecule is CC(c1ccc(Br)cc1)N1CCCNC(C)(C)C1. The van der Waals surface area contributed by atoms with Gasteiger partial charge in [0.2, 0.25) is 0 Å². The lowest BCUT2D eigenvalue weighted by molar-refractivity contribution is 0.180. The van der Waals surface area contributed by atoms with Crippen LogP contribution in [0.4, 0.5) is 0 Å². The van der Waals surface area contributed by atoms with E-state index < -0.39 is 0 Å². The van der Waals surface area contributed by atoms with Gasteiger partial charge in [-0.25, -0.2) is 0 Å². The average molecular weight is 311 g/mol. The highest BCUT2D eigenvalue weighted by molar-refractivity contribution is 9.10. The molecule has 1 aromatic carbocycles. The Morgan fingerprint density at radius 3 is 2.61 bits per heavy atom. The number of nitrogens with one attached hydrogen (secondary N) is 1. The maximum atomic E-state index is 3.62. The number of benzene rings is 1. The molecule has 3 heteroatoms. The Morgan fingerprint density at radius 2 is 1.94 bits per heavy atom. The lowest BCUT2D eigenvalue weighted by atomic mass is 10.0. The Hall–Kier alpha value is -0.380. The molecule has 1 aromatic rings. The van der Waals surface area contributed by atoms with Gasteiger partial charge >= 0.3 is 0 Å². The first kappa shape index (κ1) is 14.0. The number of rotatable bonds is 2. The van der Waals surface area contributed by atoms with E-state index in [1.54, 1.807) is 0 Å². The number of nitrogens with zero attached hydrogens (tertiary/aromatic N) is 1. The van der Waals surface area contributed by atoms with Gasteiger partial charge in [-0.05, 0) is 51.4 Å². The third-order valence-electron chi connectivity index (χ3n) is 3.72. The van der Waals surface area contributed by atoms with Gasteiger partial charge in [0.05, 0.1) is 0 Å². The smallest absolute Gasteiger partial charge is 0.0320 e. The van der Waals surface area contributed by atoms with E-state index in [9.17, 15) is 0 Å². The summed E-state index contributed by atoms with van der Waals surface area (Å²) in [7, 11) is 0. The first-order valence-electron chi connectivity index (χ1n) is 6.72. The van der Waals surface area contributed by atoms with Crippen LogP contribution < -0.4 is 5.32 Å². The molecule has 2 rings (SSSR count). The van der Waals surface area contributed by atoms with Gasteiger partial charge in [-0.15, -0.1) is 0 Å². The second kappa shape index (κ2) is 5.72. The minimum atomic E-state index is 0.208. The van der Waals surface area contributed by atoms with Crippen LogP contribution in [-0.2, 0) is 0 Å². The molecule has 0 radical (unpaired) electrons. The summed E-state index contributed by atoms with van der Waals surface area (Å²) in [6, 6.07) is 9.19. The predicted molar refractivity (Wildman–Crippen MR) is 80.8 cm³/mol. The molecular formula is C15H23BrN2. The molecule has 0 spiro atoms. The first-order chi connectivity index (χ1) is 8.48. The van der Waals surface area contributed by atoms with Crippen molar-refractivity contribution in [2.75, 3.05) is 19.6 Å². The fraction of sp³-hybridized carbons (Fsp3) is 0.600. The zero-order valence-electron chi connectivity index (χ0n) is 11.5. The maximum absolute atomic E-state index is 3.62. The van der Waals surface area contributed by atoms with Gasteiger partial charge in [-0.3, -0.25) is 4.90 Å². The summed E-state index contributed by atoms with van der Waals surface area (Å²) in [6.45, 7) is 10.3. The van der Waals surface area contributed by atoms with Gasteiger partial charge < -0.3 is 5.32 Å². The van der Waals surface area contributed by atoms with E-state index in [0.717, 1.165) is 17.6 Å². The van der Waals surface area contributed by atoms with Crippen LogP contribution in [0.25, 0.3) is 0 Å². The molecule has 1 fully saturated rings. The molecular weight excluding hydrogens is 288 g/mol. The summed E-state index contributed by atoms with van der Waals surface area (Å²) in [5.74, 6) is 0. The molecule has 18 heavy (non-hydrogen) atoms. The van der Waals surface area contributed by atoms with Crippen molar-refractivity contribution in [2.45, 2.75) is 38.8 Å². The molecule has 1 heterocycles. The zero-order chi connectivity index (χ0) is 13.2. The van der Waals surface area contributed by atoms with E-state index in [1.165, 1.54) is 18.5 Å². The molecule has 0 aliphatic carbocycles. The van der Waals surface area contributed by atoms with Crippen molar-refractivity contribution in [2.24, 2.45) is 0 Å². The van der Waals surface area contributed by atoms with E-state index in [0.29, 0.717) is 6.04 Å². The lowest BCUT2D eigenvalue weighted by Gasteiger charge is -2.34. The molecule has 0 saturated carbocycles. The van der Waals surface area contributed by atoms with Crippen LogP contribution in [0.3, 0.4) is 0 Å². The van der Waals surface area contributed by atoms with Gasteiger partial charge in [0, 0.05) is 29.1 Å². The van der Waals surface area contributed by atoms with Crippen LogP contribution in [0, 0.1) is 0 Å². The molecule has 0 bridgehead atoms. The van der Waals surface area contributed by atoms with E-state index in [-0.39, 0.29) is 5.54 Å². The van der Waals surface area contributed by atoms with Gasteiger partial charge in [-0.1, -0.05) is 28.1 Å². The molecule has 0 amide bonds. The maximum Gasteiger partial charge on any atom is 0.0320 e. The zero-order valence-corrected chi connectivity index (χ0v) is 13.1. The van der Waals surface area contributed by atoms with Crippen molar-refractivity contribution in [1.29, 1.82) is 0 Å². The second-order valence-electron chi connectivity index (χ2n) is 5.86. The molecule has 100 valence electrons. The molecule has 1 unspecified atom stereocenters. The summed E-state index contributed by atoms with van der Waals surface area (Å²) >= 11 is 3.50. The minimum Gasteiger partial charge on any atom is -0.310 e. The van der Waals surface area contributed by atoms with Crippen LogP contribution in [-0.4, -0.2) is 30.1 Å². The monoisotopic (exact) mass is 310 g/mol. The standard InChI is InChI=1S/C15H23BrN2/c1-12(13-5-7-14(16)8-6-13)18-10-4-9-17-15(2,3)11-18/h5-8,12,17H,4,9-11H2,1-3H3. The Bertz CT molecular complexity index is 386. The highest BCUT2D eigenvalue weighted by atomic mass is 79.9. The molecule has 1 aliphatic rings. The summed E-state index contributed by atoms with van der Waals surface area (Å²) in [5, 5.41) is 3.62. The number of hydrogen-bond donors (Lipinski definition) is 1. The minimum absolute atomic E-state index is 0.208. The van der Waals surface area contributed by atoms with Gasteiger partial charge in [0.25, 0.3) is 0 Å². The topological polar surface area (TPSA) is 15.3 Å². The van der Waals surface area contributed by atoms with Gasteiger partial charge in [0.15, 0.2) is 0 Å². The van der Waals surface area contributed by atoms with Crippen molar-refractivity contribution < 1.29 is 0 Å². The second-order valence-corrected chi connectivity index (χ2v) is 6.78. The van der Waals surface area contributed by atoms with E-state index in [4.69, 9.17) is 0 Å². The van der Waals surface area contributed by atoms with Crippen LogP contribution >= 0.6 is 15.9 Å². The van der Waals surface area contributed by atoms with Crippen molar-refractivity contribution in [1.82, 2.24) is 10.2 Å². The molecule has 1 N–H and O–H groups in total. The summed E-state index contributed by atoms with van der Waals surface area (Å²) < 4.78 is 1.15. The van der Waals surface area contributed by atoms with Crippen molar-refractivity contribution in [3.8, 4) is 0 Å². The number of hydrogen-bond acceptors (Lipinski definition) is 2. The Balaban J connectivity index is 2.11. The number of halogens is 1. The van der Waals surface area contributed by atoms with Crippen LogP contribution in [0.1, 0.15) is 38.8 Å². The highest BCUT2D eigenvalue weighted by Crippen LogP contribution is 2.25. The first-order valence-corrected chi connectivity index (χ1v) is 7.52. The normalized spacial score (nSPS) is 22.4. The van der Waals surface area contributed by atoms with Gasteiger partial charge in [0.1, 0.15) is 0 Å². The molecule has 1 aliphatic heterocycles. The molecule has 1 saturated heterocycles. The molecule has 2 nitrogen and oxygen atoms in total. The third-order valence-corrected chi connectivity index (χ3v) is 4.25. The Kier molecular flexibility index (Phi) is 4.46. The molecule has 1 atom stereocenters. The predicted octanol–water partition coefficient (Wildman–Crippen LogP) is 3.58. The largest absolute Gasteiger partial charge is 0.310 e. The fourth-order valence-corrected chi connectivity index (χ4v) is 2.90. The van der Waals surface area contributed by atoms with Crippen molar-refractivity contribution >= 4 is 15.9 Å². The highest BCUT2D eigenvalue weighted by Gasteiger charge is 2.27. The van der Waals surface area contributed by atoms with Crippen molar-refractivity contribution in [3.05, 3.63) is 34.3 Å². The van der Waals surface area contributed by atoms with E-state index in [1.807, 2.05) is 0 Å². The average Bonchev–Trinajstić information content (AvgIpc) is 2.50. The lowest BCUT2D eigenvalue weighted by Crippen LogP contribution is -2.46. The van der Waals surface area contributed by atoms with Crippen LogP contribution in [0.15, 0.2) is 28.7 Å². The summed E-state index contributed by atoms with van der Waals surface area (Å²) in [5.41, 5.74) is 1.61. The summed E-state index contributed by atoms with van der Waals surface area (Å²) in [6.07, 6.45) is 1.23. The van der Waals surface area contributed by atoms with E-state index >= 15 is 0 Å². The van der Waals surface area contributed by atoms with E-state index in [2.05, 4.69) is 71.2 Å².